The molecule has 1 rings (SSSR count). The largest absolute Gasteiger partial charge is 0.481 e. The third-order valence-corrected chi connectivity index (χ3v) is 2.70. The summed E-state index contributed by atoms with van der Waals surface area (Å²) in [6.07, 6.45) is 0.619. The molecule has 0 aromatic heterocycles. The Morgan fingerprint density at radius 1 is 1.30 bits per heavy atom. The van der Waals surface area contributed by atoms with Gasteiger partial charge in [0.15, 0.2) is 6.10 Å². The van der Waals surface area contributed by atoms with Gasteiger partial charge < -0.3 is 15.4 Å². The van der Waals surface area contributed by atoms with Gasteiger partial charge in [0, 0.05) is 13.1 Å². The Labute approximate surface area is 127 Å². The van der Waals surface area contributed by atoms with Crippen molar-refractivity contribution in [3.8, 4) is 5.75 Å². The van der Waals surface area contributed by atoms with Crippen LogP contribution in [0.3, 0.4) is 0 Å². The molecule has 5 heteroatoms. The van der Waals surface area contributed by atoms with Gasteiger partial charge >= 0.3 is 0 Å². The van der Waals surface area contributed by atoms with Gasteiger partial charge in [0.2, 0.25) is 0 Å². The molecule has 0 saturated carbocycles. The fourth-order valence-electron chi connectivity index (χ4n) is 1.67. The number of carbonyl (C=O) groups excluding carboxylic acids is 1. The van der Waals surface area contributed by atoms with Crippen LogP contribution in [0.25, 0.3) is 0 Å². The topological polar surface area (TPSA) is 50.4 Å². The Morgan fingerprint density at radius 3 is 2.70 bits per heavy atom. The summed E-state index contributed by atoms with van der Waals surface area (Å²) in [6, 6.07) is 7.70. The molecule has 0 bridgehead atoms. The molecule has 0 aliphatic carbocycles. The number of halogens is 1. The van der Waals surface area contributed by atoms with E-state index in [4.69, 9.17) is 4.74 Å². The summed E-state index contributed by atoms with van der Waals surface area (Å²) in [4.78, 5) is 11.8. The van der Waals surface area contributed by atoms with Gasteiger partial charge in [0.25, 0.3) is 5.91 Å². The molecule has 1 aromatic rings. The lowest BCUT2D eigenvalue weighted by atomic mass is 10.2. The number of rotatable bonds is 8. The molecular weight excluding hydrogens is 276 g/mol. The van der Waals surface area contributed by atoms with E-state index in [1.807, 2.05) is 31.2 Å². The van der Waals surface area contributed by atoms with Crippen LogP contribution in [0.1, 0.15) is 25.8 Å². The standard InChI is InChI=1S/C15H24N2O2.ClH/c1-4-8-16-9-10-17-15(18)13(3)19-14-7-5-6-12(2)11-14;/h5-7,11,13,16H,4,8-10H2,1-3H3,(H,17,18);1H. The number of ether oxygens (including phenoxy) is 1. The molecule has 0 aliphatic rings. The normalized spacial score (nSPS) is 11.3. The number of benzene rings is 1. The van der Waals surface area contributed by atoms with E-state index in [1.165, 1.54) is 0 Å². The lowest BCUT2D eigenvalue weighted by molar-refractivity contribution is -0.127. The quantitative estimate of drug-likeness (QED) is 0.724. The van der Waals surface area contributed by atoms with Crippen molar-refractivity contribution < 1.29 is 9.53 Å². The van der Waals surface area contributed by atoms with E-state index in [0.29, 0.717) is 6.54 Å². The molecule has 4 nitrogen and oxygen atoms in total. The molecule has 1 atom stereocenters. The minimum atomic E-state index is -0.479. The van der Waals surface area contributed by atoms with Crippen molar-refractivity contribution in [2.45, 2.75) is 33.3 Å². The molecule has 0 fully saturated rings. The Kier molecular flexibility index (Phi) is 9.86. The highest BCUT2D eigenvalue weighted by molar-refractivity contribution is 5.85. The molecule has 114 valence electrons. The number of hydrogen-bond donors (Lipinski definition) is 2. The molecule has 1 amide bonds. The SMILES string of the molecule is CCCNCCNC(=O)C(C)Oc1cccc(C)c1.Cl. The molecule has 2 N–H and O–H groups in total. The zero-order valence-electron chi connectivity index (χ0n) is 12.4. The molecular formula is C15H25ClN2O2. The highest BCUT2D eigenvalue weighted by atomic mass is 35.5. The summed E-state index contributed by atoms with van der Waals surface area (Å²) < 4.78 is 5.60. The van der Waals surface area contributed by atoms with Crippen LogP contribution in [0.2, 0.25) is 0 Å². The highest BCUT2D eigenvalue weighted by Crippen LogP contribution is 2.14. The smallest absolute Gasteiger partial charge is 0.260 e. The Balaban J connectivity index is 0.00000361. The maximum Gasteiger partial charge on any atom is 0.260 e. The average molecular weight is 301 g/mol. The van der Waals surface area contributed by atoms with E-state index in [2.05, 4.69) is 17.6 Å². The third-order valence-electron chi connectivity index (χ3n) is 2.70. The van der Waals surface area contributed by atoms with Gasteiger partial charge in [-0.05, 0) is 44.5 Å². The molecule has 20 heavy (non-hydrogen) atoms. The zero-order valence-corrected chi connectivity index (χ0v) is 13.3. The number of amides is 1. The van der Waals surface area contributed by atoms with E-state index < -0.39 is 6.10 Å². The van der Waals surface area contributed by atoms with E-state index in [1.54, 1.807) is 6.92 Å². The second kappa shape index (κ2) is 10.5. The Morgan fingerprint density at radius 2 is 2.05 bits per heavy atom. The summed E-state index contributed by atoms with van der Waals surface area (Å²) in [6.45, 7) is 8.26. The van der Waals surface area contributed by atoms with Crippen LogP contribution < -0.4 is 15.4 Å². The van der Waals surface area contributed by atoms with Crippen molar-refractivity contribution in [2.24, 2.45) is 0 Å². The summed E-state index contributed by atoms with van der Waals surface area (Å²) in [5.74, 6) is 0.645. The fourth-order valence-corrected chi connectivity index (χ4v) is 1.67. The maximum atomic E-state index is 11.8. The van der Waals surface area contributed by atoms with Crippen LogP contribution in [0.4, 0.5) is 0 Å². The number of aryl methyl sites for hydroxylation is 1. The van der Waals surface area contributed by atoms with E-state index in [9.17, 15) is 4.79 Å². The maximum absolute atomic E-state index is 11.8. The first-order valence-electron chi connectivity index (χ1n) is 6.85. The highest BCUT2D eigenvalue weighted by Gasteiger charge is 2.13. The second-order valence-corrected chi connectivity index (χ2v) is 4.62. The minimum absolute atomic E-state index is 0. The molecule has 1 unspecified atom stereocenters. The fraction of sp³-hybridized carbons (Fsp3) is 0.533. The van der Waals surface area contributed by atoms with Crippen molar-refractivity contribution in [3.63, 3.8) is 0 Å². The summed E-state index contributed by atoms with van der Waals surface area (Å²) in [7, 11) is 0. The Bertz CT molecular complexity index is 399. The summed E-state index contributed by atoms with van der Waals surface area (Å²) in [5.41, 5.74) is 1.12. The predicted molar refractivity (Wildman–Crippen MR) is 84.7 cm³/mol. The van der Waals surface area contributed by atoms with E-state index in [-0.39, 0.29) is 18.3 Å². The molecule has 0 heterocycles. The van der Waals surface area contributed by atoms with E-state index in [0.717, 1.165) is 30.8 Å². The summed E-state index contributed by atoms with van der Waals surface area (Å²) in [5, 5.41) is 6.08. The monoisotopic (exact) mass is 300 g/mol. The lowest BCUT2D eigenvalue weighted by Crippen LogP contribution is -2.39. The Hall–Kier alpha value is -1.26. The van der Waals surface area contributed by atoms with Crippen molar-refractivity contribution >= 4 is 18.3 Å². The first-order valence-corrected chi connectivity index (χ1v) is 6.85. The van der Waals surface area contributed by atoms with Crippen LogP contribution in [0.15, 0.2) is 24.3 Å². The first-order chi connectivity index (χ1) is 9.13. The molecule has 0 radical (unpaired) electrons. The zero-order chi connectivity index (χ0) is 14.1. The van der Waals surface area contributed by atoms with Crippen molar-refractivity contribution in [1.82, 2.24) is 10.6 Å². The molecule has 1 aromatic carbocycles. The van der Waals surface area contributed by atoms with Gasteiger partial charge in [-0.1, -0.05) is 19.1 Å². The predicted octanol–water partition coefficient (Wildman–Crippen LogP) is 2.30. The van der Waals surface area contributed by atoms with Crippen LogP contribution in [0, 0.1) is 6.92 Å². The van der Waals surface area contributed by atoms with Crippen molar-refractivity contribution in [1.29, 1.82) is 0 Å². The first kappa shape index (κ1) is 18.7. The second-order valence-electron chi connectivity index (χ2n) is 4.62. The van der Waals surface area contributed by atoms with Crippen LogP contribution in [-0.4, -0.2) is 31.6 Å². The number of carbonyl (C=O) groups is 1. The van der Waals surface area contributed by atoms with Gasteiger partial charge in [-0.15, -0.1) is 12.4 Å². The number of hydrogen-bond acceptors (Lipinski definition) is 3. The third kappa shape index (κ3) is 7.36. The molecule has 0 saturated heterocycles. The van der Waals surface area contributed by atoms with Gasteiger partial charge in [0.1, 0.15) is 5.75 Å². The minimum Gasteiger partial charge on any atom is -0.481 e. The van der Waals surface area contributed by atoms with Gasteiger partial charge in [-0.25, -0.2) is 0 Å². The average Bonchev–Trinajstić information content (AvgIpc) is 2.38. The van der Waals surface area contributed by atoms with Crippen LogP contribution in [-0.2, 0) is 4.79 Å². The van der Waals surface area contributed by atoms with Crippen LogP contribution >= 0.6 is 12.4 Å². The molecule has 0 spiro atoms. The lowest BCUT2D eigenvalue weighted by Gasteiger charge is -2.15. The van der Waals surface area contributed by atoms with Gasteiger partial charge in [0.05, 0.1) is 0 Å². The van der Waals surface area contributed by atoms with Crippen molar-refractivity contribution in [3.05, 3.63) is 29.8 Å². The van der Waals surface area contributed by atoms with E-state index >= 15 is 0 Å². The molecule has 0 aliphatic heterocycles. The number of nitrogens with one attached hydrogen (secondary N) is 2. The summed E-state index contributed by atoms with van der Waals surface area (Å²) >= 11 is 0. The van der Waals surface area contributed by atoms with Crippen molar-refractivity contribution in [2.75, 3.05) is 19.6 Å². The van der Waals surface area contributed by atoms with Crippen LogP contribution in [0.5, 0.6) is 5.75 Å². The van der Waals surface area contributed by atoms with Gasteiger partial charge in [-0.2, -0.15) is 0 Å². The van der Waals surface area contributed by atoms with Gasteiger partial charge in [-0.3, -0.25) is 4.79 Å².